The molecule has 28 heavy (non-hydrogen) atoms. The Bertz CT molecular complexity index is 851. The first kappa shape index (κ1) is 19.0. The summed E-state index contributed by atoms with van der Waals surface area (Å²) in [7, 11) is 0. The third-order valence-electron chi connectivity index (χ3n) is 5.42. The first-order valence-electron chi connectivity index (χ1n) is 9.64. The summed E-state index contributed by atoms with van der Waals surface area (Å²) in [6.45, 7) is 1.04. The molecule has 4 rings (SSSR count). The molecule has 2 aliphatic rings. The second kappa shape index (κ2) is 7.95. The van der Waals surface area contributed by atoms with Crippen LogP contribution in [0.2, 0.25) is 0 Å². The van der Waals surface area contributed by atoms with Crippen LogP contribution in [0, 0.1) is 23.4 Å². The lowest BCUT2D eigenvalue weighted by atomic mass is 9.94. The fourth-order valence-corrected chi connectivity index (χ4v) is 3.72. The van der Waals surface area contributed by atoms with Gasteiger partial charge in [-0.25, -0.2) is 13.2 Å². The summed E-state index contributed by atoms with van der Waals surface area (Å²) < 4.78 is 47.1. The van der Waals surface area contributed by atoms with E-state index in [0.717, 1.165) is 31.4 Å². The fraction of sp³-hybridized carbons (Fsp3) is 0.409. The maximum absolute atomic E-state index is 14.0. The normalized spacial score (nSPS) is 19.1. The highest BCUT2D eigenvalue weighted by molar-refractivity contribution is 5.78. The fourth-order valence-electron chi connectivity index (χ4n) is 3.72. The van der Waals surface area contributed by atoms with Crippen molar-refractivity contribution < 1.29 is 22.7 Å². The number of benzene rings is 2. The molecule has 2 fully saturated rings. The predicted molar refractivity (Wildman–Crippen MR) is 97.9 cm³/mol. The van der Waals surface area contributed by atoms with Crippen molar-refractivity contribution in [3.8, 4) is 0 Å². The Hall–Kier alpha value is -2.34. The smallest absolute Gasteiger partial charge is 0.223 e. The number of amides is 1. The van der Waals surface area contributed by atoms with E-state index in [0.29, 0.717) is 36.6 Å². The number of hydrogen-bond acceptors (Lipinski definition) is 2. The number of halogens is 3. The number of hydrogen-bond donors (Lipinski definition) is 0. The van der Waals surface area contributed by atoms with Crippen molar-refractivity contribution in [2.24, 2.45) is 5.92 Å². The largest absolute Gasteiger partial charge is 0.371 e. The van der Waals surface area contributed by atoms with Crippen molar-refractivity contribution in [1.29, 1.82) is 0 Å². The van der Waals surface area contributed by atoms with Gasteiger partial charge in [-0.3, -0.25) is 4.79 Å². The van der Waals surface area contributed by atoms with E-state index in [1.165, 1.54) is 18.2 Å². The predicted octanol–water partition coefficient (Wildman–Crippen LogP) is 4.94. The van der Waals surface area contributed by atoms with E-state index >= 15 is 0 Å². The number of likely N-dealkylation sites (tertiary alicyclic amines) is 1. The third kappa shape index (κ3) is 4.07. The van der Waals surface area contributed by atoms with Gasteiger partial charge in [-0.1, -0.05) is 18.2 Å². The third-order valence-corrected chi connectivity index (χ3v) is 5.42. The van der Waals surface area contributed by atoms with Gasteiger partial charge < -0.3 is 9.64 Å². The first-order valence-corrected chi connectivity index (χ1v) is 9.64. The summed E-state index contributed by atoms with van der Waals surface area (Å²) >= 11 is 0. The highest BCUT2D eigenvalue weighted by atomic mass is 19.2. The highest BCUT2D eigenvalue weighted by Crippen LogP contribution is 2.41. The van der Waals surface area contributed by atoms with E-state index in [9.17, 15) is 18.0 Å². The van der Waals surface area contributed by atoms with Crippen LogP contribution < -0.4 is 0 Å². The van der Waals surface area contributed by atoms with Crippen molar-refractivity contribution in [3.05, 3.63) is 71.0 Å². The van der Waals surface area contributed by atoms with E-state index in [1.54, 1.807) is 17.0 Å². The van der Waals surface area contributed by atoms with E-state index in [2.05, 4.69) is 0 Å². The van der Waals surface area contributed by atoms with Gasteiger partial charge in [0.1, 0.15) is 11.9 Å². The Labute approximate surface area is 162 Å². The Morgan fingerprint density at radius 3 is 2.32 bits per heavy atom. The van der Waals surface area contributed by atoms with Crippen LogP contribution in [0.25, 0.3) is 0 Å². The van der Waals surface area contributed by atoms with Gasteiger partial charge in [0, 0.05) is 13.0 Å². The molecule has 2 aromatic rings. The molecular formula is C22H22F3NO2. The molecule has 0 radical (unpaired) electrons. The number of carbonyl (C=O) groups excluding carboxylic acids is 1. The highest BCUT2D eigenvalue weighted by Gasteiger charge is 2.37. The molecule has 1 saturated carbocycles. The van der Waals surface area contributed by atoms with E-state index < -0.39 is 23.8 Å². The van der Waals surface area contributed by atoms with Gasteiger partial charge in [0.2, 0.25) is 5.91 Å². The Balaban J connectivity index is 1.75. The lowest BCUT2D eigenvalue weighted by Gasteiger charge is -2.35. The molecule has 0 spiro atoms. The summed E-state index contributed by atoms with van der Waals surface area (Å²) in [6.07, 6.45) is 2.65. The van der Waals surface area contributed by atoms with Crippen molar-refractivity contribution in [3.63, 3.8) is 0 Å². The van der Waals surface area contributed by atoms with E-state index in [1.807, 2.05) is 0 Å². The maximum Gasteiger partial charge on any atom is 0.223 e. The summed E-state index contributed by atoms with van der Waals surface area (Å²) in [6, 6.07) is 9.10. The van der Waals surface area contributed by atoms with Gasteiger partial charge in [-0.2, -0.15) is 0 Å². The molecule has 1 heterocycles. The van der Waals surface area contributed by atoms with Crippen LogP contribution in [0.15, 0.2) is 42.5 Å². The summed E-state index contributed by atoms with van der Waals surface area (Å²) in [4.78, 5) is 14.2. The van der Waals surface area contributed by atoms with Gasteiger partial charge >= 0.3 is 0 Å². The molecule has 1 amide bonds. The minimum Gasteiger partial charge on any atom is -0.371 e. The van der Waals surface area contributed by atoms with Crippen molar-refractivity contribution in [2.45, 2.75) is 37.8 Å². The van der Waals surface area contributed by atoms with Crippen LogP contribution in [0.1, 0.15) is 49.0 Å². The molecule has 0 bridgehead atoms. The van der Waals surface area contributed by atoms with Crippen molar-refractivity contribution in [1.82, 2.24) is 4.90 Å². The van der Waals surface area contributed by atoms with Crippen LogP contribution in [0.4, 0.5) is 13.2 Å². The van der Waals surface area contributed by atoms with Crippen LogP contribution in [0.5, 0.6) is 0 Å². The maximum atomic E-state index is 14.0. The number of rotatable bonds is 7. The standard InChI is InChI=1S/C22H22F3NO2/c23-17-8-5-15(6-9-17)21(26-11-1-2-20(26)27)22(28-13-14-3-4-14)16-7-10-18(24)19(25)12-16/h5-10,12,14,21-22H,1-4,11,13H2/t21-,22?/m0/s1. The van der Waals surface area contributed by atoms with Crippen LogP contribution in [-0.4, -0.2) is 24.0 Å². The molecule has 1 saturated heterocycles. The molecule has 3 nitrogen and oxygen atoms in total. The van der Waals surface area contributed by atoms with Gasteiger partial charge in [-0.15, -0.1) is 0 Å². The molecule has 1 aliphatic heterocycles. The molecule has 2 aromatic carbocycles. The molecule has 1 unspecified atom stereocenters. The van der Waals surface area contributed by atoms with Gasteiger partial charge in [0.05, 0.1) is 12.6 Å². The van der Waals surface area contributed by atoms with E-state index in [-0.39, 0.29) is 11.7 Å². The minimum atomic E-state index is -0.955. The average Bonchev–Trinajstić information content (AvgIpc) is 3.42. The van der Waals surface area contributed by atoms with Crippen molar-refractivity contribution >= 4 is 5.91 Å². The lowest BCUT2D eigenvalue weighted by molar-refractivity contribution is -0.133. The molecule has 2 atom stereocenters. The summed E-state index contributed by atoms with van der Waals surface area (Å²) in [5.41, 5.74) is 1.18. The minimum absolute atomic E-state index is 0.0167. The van der Waals surface area contributed by atoms with Gasteiger partial charge in [-0.05, 0) is 60.6 Å². The molecular weight excluding hydrogens is 367 g/mol. The number of ether oxygens (including phenoxy) is 1. The Morgan fingerprint density at radius 1 is 1.00 bits per heavy atom. The monoisotopic (exact) mass is 389 g/mol. The zero-order chi connectivity index (χ0) is 19.7. The first-order chi connectivity index (χ1) is 13.5. The second-order valence-corrected chi connectivity index (χ2v) is 7.56. The van der Waals surface area contributed by atoms with Gasteiger partial charge in [0.15, 0.2) is 11.6 Å². The number of nitrogens with zero attached hydrogens (tertiary/aromatic N) is 1. The van der Waals surface area contributed by atoms with Crippen molar-refractivity contribution in [2.75, 3.05) is 13.2 Å². The topological polar surface area (TPSA) is 29.5 Å². The molecule has 0 aromatic heterocycles. The molecule has 1 aliphatic carbocycles. The summed E-state index contributed by atoms with van der Waals surface area (Å²) in [5.74, 6) is -1.82. The molecule has 148 valence electrons. The Kier molecular flexibility index (Phi) is 5.40. The van der Waals surface area contributed by atoms with E-state index in [4.69, 9.17) is 4.74 Å². The quantitative estimate of drug-likeness (QED) is 0.672. The van der Waals surface area contributed by atoms with Crippen LogP contribution in [-0.2, 0) is 9.53 Å². The van der Waals surface area contributed by atoms with Gasteiger partial charge in [0.25, 0.3) is 0 Å². The summed E-state index contributed by atoms with van der Waals surface area (Å²) in [5, 5.41) is 0. The lowest BCUT2D eigenvalue weighted by Crippen LogP contribution is -2.35. The second-order valence-electron chi connectivity index (χ2n) is 7.56. The van der Waals surface area contributed by atoms with Crippen LogP contribution in [0.3, 0.4) is 0 Å². The zero-order valence-corrected chi connectivity index (χ0v) is 15.4. The Morgan fingerprint density at radius 2 is 1.71 bits per heavy atom. The molecule has 0 N–H and O–H groups in total. The van der Waals surface area contributed by atoms with Crippen LogP contribution >= 0.6 is 0 Å². The average molecular weight is 389 g/mol. The number of carbonyl (C=O) groups is 1. The molecule has 6 heteroatoms. The zero-order valence-electron chi connectivity index (χ0n) is 15.4. The SMILES string of the molecule is O=C1CCCN1[C@@H](c1ccc(F)cc1)C(OCC1CC1)c1ccc(F)c(F)c1.